The van der Waals surface area contributed by atoms with Gasteiger partial charge in [-0.3, -0.25) is 14.4 Å². The molecule has 0 aliphatic heterocycles. The highest BCUT2D eigenvalue weighted by atomic mass is 16.2. The Morgan fingerprint density at radius 1 is 1.18 bits per heavy atom. The number of rotatable bonds is 6. The van der Waals surface area contributed by atoms with Crippen LogP contribution < -0.4 is 10.9 Å². The normalized spacial score (nSPS) is 10.8. The Morgan fingerprint density at radius 3 is 2.68 bits per heavy atom. The van der Waals surface area contributed by atoms with E-state index in [9.17, 15) is 14.4 Å². The molecule has 0 aliphatic rings. The van der Waals surface area contributed by atoms with Gasteiger partial charge in [0.25, 0.3) is 11.5 Å². The number of anilines is 1. The second-order valence-corrected chi connectivity index (χ2v) is 6.74. The summed E-state index contributed by atoms with van der Waals surface area (Å²) >= 11 is 0. The molecule has 0 radical (unpaired) electrons. The first kappa shape index (κ1) is 19.3. The SMILES string of the molecule is CCCn1cnc2cc(NC(=O)c3cccn(CC(=O)N(C)C)c3=O)ccc21. The lowest BCUT2D eigenvalue weighted by Gasteiger charge is -2.12. The molecule has 0 spiro atoms. The Labute approximate surface area is 162 Å². The van der Waals surface area contributed by atoms with Gasteiger partial charge in [-0.15, -0.1) is 0 Å². The van der Waals surface area contributed by atoms with Crippen LogP contribution in [-0.4, -0.2) is 44.9 Å². The van der Waals surface area contributed by atoms with Gasteiger partial charge in [0.1, 0.15) is 12.1 Å². The van der Waals surface area contributed by atoms with Gasteiger partial charge in [0.05, 0.1) is 17.4 Å². The number of aryl methyl sites for hydroxylation is 1. The van der Waals surface area contributed by atoms with Crippen LogP contribution in [0.1, 0.15) is 23.7 Å². The number of aromatic nitrogens is 3. The van der Waals surface area contributed by atoms with Crippen LogP contribution in [0.5, 0.6) is 0 Å². The zero-order chi connectivity index (χ0) is 20.3. The van der Waals surface area contributed by atoms with Gasteiger partial charge in [-0.1, -0.05) is 6.92 Å². The number of nitrogens with zero attached hydrogens (tertiary/aromatic N) is 4. The summed E-state index contributed by atoms with van der Waals surface area (Å²) in [6, 6.07) is 8.48. The molecule has 0 saturated carbocycles. The minimum Gasteiger partial charge on any atom is -0.347 e. The van der Waals surface area contributed by atoms with Crippen molar-refractivity contribution in [2.75, 3.05) is 19.4 Å². The maximum Gasteiger partial charge on any atom is 0.263 e. The molecule has 8 heteroatoms. The first-order chi connectivity index (χ1) is 13.4. The Kier molecular flexibility index (Phi) is 5.58. The number of nitrogens with one attached hydrogen (secondary N) is 1. The van der Waals surface area contributed by atoms with Crippen molar-refractivity contribution in [1.82, 2.24) is 19.0 Å². The minimum atomic E-state index is -0.524. The molecule has 2 heterocycles. The Balaban J connectivity index is 1.82. The molecule has 0 aliphatic carbocycles. The third-order valence-electron chi connectivity index (χ3n) is 4.41. The number of carbonyl (C=O) groups excluding carboxylic acids is 2. The highest BCUT2D eigenvalue weighted by Gasteiger charge is 2.15. The largest absolute Gasteiger partial charge is 0.347 e. The summed E-state index contributed by atoms with van der Waals surface area (Å²) in [5.74, 6) is -0.753. The smallest absolute Gasteiger partial charge is 0.263 e. The van der Waals surface area contributed by atoms with Gasteiger partial charge in [-0.05, 0) is 36.8 Å². The average Bonchev–Trinajstić information content (AvgIpc) is 3.05. The van der Waals surface area contributed by atoms with Gasteiger partial charge < -0.3 is 19.4 Å². The van der Waals surface area contributed by atoms with Crippen molar-refractivity contribution in [3.05, 3.63) is 58.8 Å². The van der Waals surface area contributed by atoms with Crippen molar-refractivity contribution in [1.29, 1.82) is 0 Å². The molecule has 1 aromatic carbocycles. The molecule has 146 valence electrons. The highest BCUT2D eigenvalue weighted by molar-refractivity contribution is 6.04. The summed E-state index contributed by atoms with van der Waals surface area (Å²) in [6.07, 6.45) is 4.27. The molecule has 3 rings (SSSR count). The van der Waals surface area contributed by atoms with E-state index in [-0.39, 0.29) is 18.0 Å². The molecule has 0 unspecified atom stereocenters. The van der Waals surface area contributed by atoms with Crippen molar-refractivity contribution in [3.63, 3.8) is 0 Å². The third-order valence-corrected chi connectivity index (χ3v) is 4.41. The van der Waals surface area contributed by atoms with Crippen LogP contribution in [0, 0.1) is 0 Å². The number of imidazole rings is 1. The number of likely N-dealkylation sites (N-methyl/N-ethyl adjacent to an activating group) is 1. The fourth-order valence-electron chi connectivity index (χ4n) is 2.88. The summed E-state index contributed by atoms with van der Waals surface area (Å²) in [6.45, 7) is 2.85. The molecule has 8 nitrogen and oxygen atoms in total. The topological polar surface area (TPSA) is 89.2 Å². The molecule has 2 amide bonds. The molecule has 28 heavy (non-hydrogen) atoms. The quantitative estimate of drug-likeness (QED) is 0.707. The zero-order valence-electron chi connectivity index (χ0n) is 16.2. The van der Waals surface area contributed by atoms with Gasteiger partial charge >= 0.3 is 0 Å². The van der Waals surface area contributed by atoms with Crippen molar-refractivity contribution >= 4 is 28.5 Å². The first-order valence-corrected chi connectivity index (χ1v) is 9.06. The third kappa shape index (κ3) is 3.95. The molecule has 1 N–H and O–H groups in total. The molecule has 0 bridgehead atoms. The van der Waals surface area contributed by atoms with E-state index >= 15 is 0 Å². The van der Waals surface area contributed by atoms with E-state index in [1.165, 1.54) is 21.7 Å². The molecule has 2 aromatic heterocycles. The van der Waals surface area contributed by atoms with E-state index < -0.39 is 11.5 Å². The predicted octanol–water partition coefficient (Wildman–Crippen LogP) is 1.95. The standard InChI is InChI=1S/C20H23N5O3/c1-4-9-25-13-21-16-11-14(7-8-17(16)25)22-19(27)15-6-5-10-24(20(15)28)12-18(26)23(2)3/h5-8,10-11,13H,4,9,12H2,1-3H3,(H,22,27). The monoisotopic (exact) mass is 381 g/mol. The Morgan fingerprint density at radius 2 is 1.96 bits per heavy atom. The fourth-order valence-corrected chi connectivity index (χ4v) is 2.88. The van der Waals surface area contributed by atoms with Crippen LogP contribution in [0.25, 0.3) is 11.0 Å². The fraction of sp³-hybridized carbons (Fsp3) is 0.300. The molecule has 0 saturated heterocycles. The van der Waals surface area contributed by atoms with Crippen molar-refractivity contribution < 1.29 is 9.59 Å². The maximum absolute atomic E-state index is 12.6. The summed E-state index contributed by atoms with van der Waals surface area (Å²) in [4.78, 5) is 42.8. The highest BCUT2D eigenvalue weighted by Crippen LogP contribution is 2.19. The van der Waals surface area contributed by atoms with E-state index in [2.05, 4.69) is 21.8 Å². The lowest BCUT2D eigenvalue weighted by Crippen LogP contribution is -2.34. The summed E-state index contributed by atoms with van der Waals surface area (Å²) in [5, 5.41) is 2.74. The van der Waals surface area contributed by atoms with Gasteiger partial charge in [-0.2, -0.15) is 0 Å². The second kappa shape index (κ2) is 8.08. The minimum absolute atomic E-state index is 0.0225. The Hall–Kier alpha value is -3.42. The number of amides is 2. The van der Waals surface area contributed by atoms with Crippen LogP contribution in [-0.2, 0) is 17.9 Å². The number of carbonyl (C=O) groups is 2. The number of hydrogen-bond donors (Lipinski definition) is 1. The Bertz CT molecular complexity index is 1080. The van der Waals surface area contributed by atoms with Crippen LogP contribution in [0.15, 0.2) is 47.7 Å². The lowest BCUT2D eigenvalue weighted by atomic mass is 10.2. The maximum atomic E-state index is 12.6. The van der Waals surface area contributed by atoms with Crippen molar-refractivity contribution in [2.45, 2.75) is 26.4 Å². The van der Waals surface area contributed by atoms with Crippen molar-refractivity contribution in [2.24, 2.45) is 0 Å². The number of benzene rings is 1. The predicted molar refractivity (Wildman–Crippen MR) is 107 cm³/mol. The average molecular weight is 381 g/mol. The van der Waals surface area contributed by atoms with Gasteiger partial charge in [0.2, 0.25) is 5.91 Å². The van der Waals surface area contributed by atoms with Crippen LogP contribution >= 0.6 is 0 Å². The number of hydrogen-bond acceptors (Lipinski definition) is 4. The van der Waals surface area contributed by atoms with E-state index in [1.54, 1.807) is 38.6 Å². The lowest BCUT2D eigenvalue weighted by molar-refractivity contribution is -0.129. The molecular weight excluding hydrogens is 358 g/mol. The zero-order valence-corrected chi connectivity index (χ0v) is 16.2. The second-order valence-electron chi connectivity index (χ2n) is 6.74. The van der Waals surface area contributed by atoms with Crippen molar-refractivity contribution in [3.8, 4) is 0 Å². The van der Waals surface area contributed by atoms with E-state index in [4.69, 9.17) is 0 Å². The molecule has 0 fully saturated rings. The summed E-state index contributed by atoms with van der Waals surface area (Å²) in [7, 11) is 3.23. The van der Waals surface area contributed by atoms with Crippen LogP contribution in [0.4, 0.5) is 5.69 Å². The number of fused-ring (bicyclic) bond motifs is 1. The number of pyridine rings is 1. The molecule has 0 atom stereocenters. The van der Waals surface area contributed by atoms with E-state index in [0.717, 1.165) is 24.0 Å². The van der Waals surface area contributed by atoms with Gasteiger partial charge in [-0.25, -0.2) is 4.98 Å². The van der Waals surface area contributed by atoms with Crippen LogP contribution in [0.2, 0.25) is 0 Å². The van der Waals surface area contributed by atoms with E-state index in [0.29, 0.717) is 5.69 Å². The van der Waals surface area contributed by atoms with Gasteiger partial charge in [0, 0.05) is 32.5 Å². The van der Waals surface area contributed by atoms with E-state index in [1.807, 2.05) is 6.07 Å². The summed E-state index contributed by atoms with van der Waals surface area (Å²) < 4.78 is 3.28. The summed E-state index contributed by atoms with van der Waals surface area (Å²) in [5.41, 5.74) is 1.78. The van der Waals surface area contributed by atoms with Gasteiger partial charge in [0.15, 0.2) is 0 Å². The molecular formula is C20H23N5O3. The first-order valence-electron chi connectivity index (χ1n) is 9.06. The molecule has 3 aromatic rings. The van der Waals surface area contributed by atoms with Crippen LogP contribution in [0.3, 0.4) is 0 Å².